The van der Waals surface area contributed by atoms with Gasteiger partial charge in [0.25, 0.3) is 0 Å². The number of nitrogens with zero attached hydrogens (tertiary/aromatic N) is 8. The lowest BCUT2D eigenvalue weighted by Crippen LogP contribution is -3.00. The van der Waals surface area contributed by atoms with Crippen molar-refractivity contribution < 1.29 is 43.1 Å². The number of imidazole rings is 2. The Morgan fingerprint density at radius 1 is 0.404 bits per heavy atom. The smallest absolute Gasteiger partial charge is 0.244 e. The summed E-state index contributed by atoms with van der Waals surface area (Å²) in [6.07, 6.45) is 20.1. The molecular weight excluding hydrogens is 776 g/mol. The molecule has 0 amide bonds. The van der Waals surface area contributed by atoms with Crippen LogP contribution in [0.15, 0.2) is 184 Å². The third kappa shape index (κ3) is 10.7. The molecule has 0 aliphatic carbocycles. The van der Waals surface area contributed by atoms with Gasteiger partial charge in [-0.05, 0) is 47.5 Å². The van der Waals surface area contributed by atoms with Crippen LogP contribution in [-0.4, -0.2) is 29.1 Å². The van der Waals surface area contributed by atoms with Crippen LogP contribution in [0.25, 0.3) is 22.8 Å². The molecule has 0 aliphatic rings. The maximum absolute atomic E-state index is 4.54. The Kier molecular flexibility index (Phi) is 13.9. The predicted octanol–water partition coefficient (Wildman–Crippen LogP) is 0.666. The largest absolute Gasteiger partial charge is 1.00 e. The van der Waals surface area contributed by atoms with Crippen molar-refractivity contribution in [2.24, 2.45) is 0 Å². The summed E-state index contributed by atoms with van der Waals surface area (Å²) < 4.78 is 8.71. The van der Waals surface area contributed by atoms with Crippen LogP contribution in [0.3, 0.4) is 0 Å². The van der Waals surface area contributed by atoms with Crippen LogP contribution in [0.2, 0.25) is 0 Å². The highest BCUT2D eigenvalue weighted by Gasteiger charge is 2.09. The minimum Gasteiger partial charge on any atom is -1.00 e. The fourth-order valence-corrected chi connectivity index (χ4v) is 5.63. The summed E-state index contributed by atoms with van der Waals surface area (Å²) in [4.78, 5) is 17.7. The number of benzene rings is 2. The van der Waals surface area contributed by atoms with E-state index in [2.05, 4.69) is 136 Å². The monoisotopic (exact) mass is 812 g/mol. The van der Waals surface area contributed by atoms with Gasteiger partial charge in [0.2, 0.25) is 12.7 Å². The second-order valence-electron chi connectivity index (χ2n) is 12.0. The van der Waals surface area contributed by atoms with Gasteiger partial charge in [0, 0.05) is 35.9 Å². The summed E-state index contributed by atoms with van der Waals surface area (Å²) in [7, 11) is 0. The van der Waals surface area contributed by atoms with Crippen LogP contribution in [-0.2, 0) is 26.2 Å². The third-order valence-corrected chi connectivity index (χ3v) is 8.14. The van der Waals surface area contributed by atoms with Crippen LogP contribution >= 0.6 is 0 Å². The van der Waals surface area contributed by atoms with E-state index in [9.17, 15) is 0 Å². The van der Waals surface area contributed by atoms with E-state index >= 15 is 0 Å². The zero-order chi connectivity index (χ0) is 33.8. The van der Waals surface area contributed by atoms with E-state index in [1.165, 1.54) is 22.3 Å². The minimum atomic E-state index is 0. The van der Waals surface area contributed by atoms with Crippen molar-refractivity contribution in [1.82, 2.24) is 29.1 Å². The second kappa shape index (κ2) is 19.1. The van der Waals surface area contributed by atoms with Gasteiger partial charge in [-0.3, -0.25) is 19.9 Å². The van der Waals surface area contributed by atoms with Gasteiger partial charge < -0.3 is 34.0 Å². The van der Waals surface area contributed by atoms with E-state index in [0.717, 1.165) is 49.0 Å². The Hall–Kier alpha value is -5.58. The number of rotatable bonds is 10. The van der Waals surface area contributed by atoms with Gasteiger partial charge in [0.15, 0.2) is 0 Å². The molecule has 0 unspecified atom stereocenters. The normalized spacial score (nSPS) is 10.3. The van der Waals surface area contributed by atoms with Crippen molar-refractivity contribution in [2.45, 2.75) is 26.2 Å². The molecule has 0 saturated heterocycles. The molecule has 260 valence electrons. The first-order chi connectivity index (χ1) is 24.7. The van der Waals surface area contributed by atoms with Gasteiger partial charge in [0.05, 0.1) is 22.8 Å². The summed E-state index contributed by atoms with van der Waals surface area (Å²) in [6.45, 7) is 3.37. The maximum Gasteiger partial charge on any atom is 0.244 e. The second-order valence-corrected chi connectivity index (χ2v) is 12.0. The molecule has 0 saturated carbocycles. The number of hydrogen-bond donors (Lipinski definition) is 0. The Labute approximate surface area is 325 Å². The first kappa shape index (κ1) is 37.7. The van der Waals surface area contributed by atoms with Crippen LogP contribution < -0.4 is 43.1 Å². The molecule has 10 heteroatoms. The molecular formula is C42H38Br2N8. The lowest BCUT2D eigenvalue weighted by atomic mass is 10.2. The highest BCUT2D eigenvalue weighted by molar-refractivity contribution is 5.54. The average molecular weight is 815 g/mol. The molecule has 0 N–H and O–H groups in total. The summed E-state index contributed by atoms with van der Waals surface area (Å²) in [6, 6.07) is 40.9. The van der Waals surface area contributed by atoms with Crippen molar-refractivity contribution >= 4 is 0 Å². The summed E-state index contributed by atoms with van der Waals surface area (Å²) >= 11 is 0. The van der Waals surface area contributed by atoms with Crippen LogP contribution in [0.5, 0.6) is 0 Å². The van der Waals surface area contributed by atoms with Gasteiger partial charge in [-0.15, -0.1) is 0 Å². The molecule has 0 bridgehead atoms. The molecule has 52 heavy (non-hydrogen) atoms. The highest BCUT2D eigenvalue weighted by Crippen LogP contribution is 2.14. The van der Waals surface area contributed by atoms with Gasteiger partial charge in [-0.25, -0.2) is 18.3 Å². The van der Waals surface area contributed by atoms with E-state index in [4.69, 9.17) is 0 Å². The molecule has 8 rings (SSSR count). The molecule has 2 aromatic carbocycles. The van der Waals surface area contributed by atoms with E-state index in [-0.39, 0.29) is 34.0 Å². The predicted molar refractivity (Wildman–Crippen MR) is 193 cm³/mol. The lowest BCUT2D eigenvalue weighted by Gasteiger charge is -2.01. The standard InChI is InChI=1S/2C21H19N4.2BrH/c2*1-2-6-18(7-3-1)15-24-12-13-25(17-24)16-19-9-10-21(23-14-19)20-8-4-5-11-22-20;;/h2*1-14,17H,15-16H2;2*1H/q2*+1;;/p-2. The van der Waals surface area contributed by atoms with E-state index in [0.29, 0.717) is 0 Å². The Morgan fingerprint density at radius 2 is 0.808 bits per heavy atom. The fraction of sp³-hybridized carbons (Fsp3) is 0.0952. The third-order valence-electron chi connectivity index (χ3n) is 8.14. The summed E-state index contributed by atoms with van der Waals surface area (Å²) in [5, 5.41) is 0. The molecule has 0 spiro atoms. The molecule has 0 fully saturated rings. The van der Waals surface area contributed by atoms with E-state index in [1.54, 1.807) is 12.4 Å². The van der Waals surface area contributed by atoms with Crippen molar-refractivity contribution in [3.05, 3.63) is 206 Å². The SMILES string of the molecule is [Br-].[Br-].c1ccc(Cn2cc[n+](Cc3ccc(-c4ccccn4)nc3)c2)cc1.c1ccc(Cn2cc[n+](Cc3ccc(-c4ccccn4)nc3)c2)cc1. The number of hydrogen-bond acceptors (Lipinski definition) is 4. The first-order valence-electron chi connectivity index (χ1n) is 16.6. The Bertz CT molecular complexity index is 2030. The van der Waals surface area contributed by atoms with Crippen LogP contribution in [0.4, 0.5) is 0 Å². The molecule has 0 radical (unpaired) electrons. The molecule has 8 nitrogen and oxygen atoms in total. The first-order valence-corrected chi connectivity index (χ1v) is 16.6. The zero-order valence-electron chi connectivity index (χ0n) is 28.5. The van der Waals surface area contributed by atoms with Gasteiger partial charge >= 0.3 is 0 Å². The van der Waals surface area contributed by atoms with Crippen LogP contribution in [0.1, 0.15) is 22.3 Å². The quantitative estimate of drug-likeness (QED) is 0.191. The summed E-state index contributed by atoms with van der Waals surface area (Å²) in [5.41, 5.74) is 8.53. The Morgan fingerprint density at radius 3 is 1.17 bits per heavy atom. The van der Waals surface area contributed by atoms with Crippen molar-refractivity contribution in [3.8, 4) is 22.8 Å². The van der Waals surface area contributed by atoms with Gasteiger partial charge in [-0.2, -0.15) is 0 Å². The van der Waals surface area contributed by atoms with Crippen molar-refractivity contribution in [3.63, 3.8) is 0 Å². The zero-order valence-corrected chi connectivity index (χ0v) is 31.7. The van der Waals surface area contributed by atoms with Crippen molar-refractivity contribution in [1.29, 1.82) is 0 Å². The summed E-state index contributed by atoms with van der Waals surface area (Å²) in [5.74, 6) is 0. The molecule has 6 aromatic heterocycles. The lowest BCUT2D eigenvalue weighted by molar-refractivity contribution is -0.688. The number of pyridine rings is 4. The van der Waals surface area contributed by atoms with E-state index < -0.39 is 0 Å². The molecule has 0 aliphatic heterocycles. The Balaban J connectivity index is 0.000000194. The maximum atomic E-state index is 4.54. The van der Waals surface area contributed by atoms with Crippen LogP contribution in [0, 0.1) is 0 Å². The van der Waals surface area contributed by atoms with Gasteiger partial charge in [-0.1, -0.05) is 84.9 Å². The number of halogens is 2. The highest BCUT2D eigenvalue weighted by atomic mass is 79.9. The molecule has 0 atom stereocenters. The average Bonchev–Trinajstić information content (AvgIpc) is 3.82. The van der Waals surface area contributed by atoms with Gasteiger partial charge in [0.1, 0.15) is 51.0 Å². The number of aromatic nitrogens is 8. The van der Waals surface area contributed by atoms with Crippen molar-refractivity contribution in [2.75, 3.05) is 0 Å². The minimum absolute atomic E-state index is 0. The fourth-order valence-electron chi connectivity index (χ4n) is 5.63. The topological polar surface area (TPSA) is 69.2 Å². The molecule has 6 heterocycles. The van der Waals surface area contributed by atoms with E-state index in [1.807, 2.05) is 73.1 Å². The molecule has 8 aromatic rings.